The molecule has 1 heterocycles. The molecule has 0 bridgehead atoms. The molecule has 0 saturated heterocycles. The SMILES string of the molecule is O=S1(=O)CCc2cccc(-c3ccc(Oc4ccc(Cl)c(Cl)c4)cc3)c2N1. The molecule has 0 fully saturated rings. The predicted octanol–water partition coefficient (Wildman–Crippen LogP) is 5.75. The minimum atomic E-state index is -3.28. The molecule has 0 spiro atoms. The van der Waals surface area contributed by atoms with E-state index in [4.69, 9.17) is 27.9 Å². The number of rotatable bonds is 3. The van der Waals surface area contributed by atoms with Crippen LogP contribution in [0.4, 0.5) is 5.69 Å². The lowest BCUT2D eigenvalue weighted by Crippen LogP contribution is -2.24. The summed E-state index contributed by atoms with van der Waals surface area (Å²) in [6.45, 7) is 0. The van der Waals surface area contributed by atoms with E-state index in [0.717, 1.165) is 16.7 Å². The maximum Gasteiger partial charge on any atom is 0.233 e. The van der Waals surface area contributed by atoms with Crippen molar-refractivity contribution in [3.8, 4) is 22.6 Å². The van der Waals surface area contributed by atoms with Crippen LogP contribution in [0.15, 0.2) is 60.7 Å². The number of fused-ring (bicyclic) bond motifs is 1. The third-order valence-electron chi connectivity index (χ3n) is 4.34. The summed E-state index contributed by atoms with van der Waals surface area (Å²) in [5, 5.41) is 0.893. The minimum Gasteiger partial charge on any atom is -0.457 e. The summed E-state index contributed by atoms with van der Waals surface area (Å²) in [7, 11) is -3.28. The van der Waals surface area contributed by atoms with Gasteiger partial charge in [0, 0.05) is 11.6 Å². The summed E-state index contributed by atoms with van der Waals surface area (Å²) < 4.78 is 32.4. The average Bonchev–Trinajstić information content (AvgIpc) is 2.64. The molecule has 1 aliphatic rings. The zero-order valence-corrected chi connectivity index (χ0v) is 16.4. The number of benzene rings is 3. The largest absolute Gasteiger partial charge is 0.457 e. The van der Waals surface area contributed by atoms with Crippen LogP contribution < -0.4 is 9.46 Å². The fourth-order valence-corrected chi connectivity index (χ4v) is 4.43. The zero-order valence-electron chi connectivity index (χ0n) is 14.1. The van der Waals surface area contributed by atoms with Gasteiger partial charge in [0.1, 0.15) is 11.5 Å². The quantitative estimate of drug-likeness (QED) is 0.587. The molecule has 0 aromatic heterocycles. The normalized spacial score (nSPS) is 14.9. The molecule has 4 rings (SSSR count). The van der Waals surface area contributed by atoms with Crippen molar-refractivity contribution in [3.63, 3.8) is 0 Å². The summed E-state index contributed by atoms with van der Waals surface area (Å²) in [6, 6.07) is 18.3. The second-order valence-corrected chi connectivity index (χ2v) is 8.87. The van der Waals surface area contributed by atoms with Crippen molar-refractivity contribution in [2.45, 2.75) is 6.42 Å². The van der Waals surface area contributed by atoms with Gasteiger partial charge in [-0.3, -0.25) is 4.72 Å². The molecule has 4 nitrogen and oxygen atoms in total. The molecular formula is C20H15Cl2NO3S. The number of aryl methyl sites for hydroxylation is 1. The molecule has 0 atom stereocenters. The lowest BCUT2D eigenvalue weighted by Gasteiger charge is -2.21. The van der Waals surface area contributed by atoms with Gasteiger partial charge in [-0.2, -0.15) is 0 Å². The molecule has 3 aromatic rings. The fourth-order valence-electron chi connectivity index (χ4n) is 3.00. The Morgan fingerprint density at radius 2 is 1.63 bits per heavy atom. The molecule has 0 amide bonds. The lowest BCUT2D eigenvalue weighted by atomic mass is 9.99. The molecule has 3 aromatic carbocycles. The van der Waals surface area contributed by atoms with Crippen LogP contribution in [-0.2, 0) is 16.4 Å². The number of para-hydroxylation sites is 1. The van der Waals surface area contributed by atoms with Crippen molar-refractivity contribution < 1.29 is 13.2 Å². The molecule has 27 heavy (non-hydrogen) atoms. The summed E-state index contributed by atoms with van der Waals surface area (Å²) in [6.07, 6.45) is 0.511. The van der Waals surface area contributed by atoms with E-state index in [1.807, 2.05) is 42.5 Å². The van der Waals surface area contributed by atoms with Crippen LogP contribution in [0.25, 0.3) is 11.1 Å². The highest BCUT2D eigenvalue weighted by molar-refractivity contribution is 7.92. The Kier molecular flexibility index (Phi) is 4.76. The first-order valence-corrected chi connectivity index (χ1v) is 10.7. The van der Waals surface area contributed by atoms with E-state index in [-0.39, 0.29) is 5.75 Å². The third kappa shape index (κ3) is 3.90. The van der Waals surface area contributed by atoms with Gasteiger partial charge in [0.15, 0.2) is 0 Å². The van der Waals surface area contributed by atoms with E-state index in [1.165, 1.54) is 0 Å². The van der Waals surface area contributed by atoms with Gasteiger partial charge in [-0.15, -0.1) is 0 Å². The predicted molar refractivity (Wildman–Crippen MR) is 110 cm³/mol. The second kappa shape index (κ2) is 7.08. The van der Waals surface area contributed by atoms with Crippen LogP contribution in [0.2, 0.25) is 10.0 Å². The van der Waals surface area contributed by atoms with Gasteiger partial charge >= 0.3 is 0 Å². The molecule has 0 unspecified atom stereocenters. The maximum atomic E-state index is 12.0. The van der Waals surface area contributed by atoms with Gasteiger partial charge in [0.05, 0.1) is 21.5 Å². The Balaban J connectivity index is 1.62. The van der Waals surface area contributed by atoms with Gasteiger partial charge < -0.3 is 4.74 Å². The molecule has 0 saturated carbocycles. The van der Waals surface area contributed by atoms with E-state index in [1.54, 1.807) is 18.2 Å². The first-order chi connectivity index (χ1) is 12.9. The third-order valence-corrected chi connectivity index (χ3v) is 6.34. The van der Waals surface area contributed by atoms with Crippen molar-refractivity contribution in [1.29, 1.82) is 0 Å². The zero-order chi connectivity index (χ0) is 19.0. The van der Waals surface area contributed by atoms with Crippen molar-refractivity contribution in [3.05, 3.63) is 76.3 Å². The number of nitrogens with one attached hydrogen (secondary N) is 1. The lowest BCUT2D eigenvalue weighted by molar-refractivity contribution is 0.483. The number of ether oxygens (including phenoxy) is 1. The molecular weight excluding hydrogens is 405 g/mol. The van der Waals surface area contributed by atoms with Crippen molar-refractivity contribution in [2.75, 3.05) is 10.5 Å². The Labute approximate surface area is 167 Å². The van der Waals surface area contributed by atoms with Gasteiger partial charge in [0.2, 0.25) is 10.0 Å². The van der Waals surface area contributed by atoms with Crippen LogP contribution in [0.3, 0.4) is 0 Å². The smallest absolute Gasteiger partial charge is 0.233 e. The highest BCUT2D eigenvalue weighted by atomic mass is 35.5. The number of hydrogen-bond acceptors (Lipinski definition) is 3. The van der Waals surface area contributed by atoms with Crippen molar-refractivity contribution >= 4 is 38.9 Å². The summed E-state index contributed by atoms with van der Waals surface area (Å²) >= 11 is 11.9. The van der Waals surface area contributed by atoms with Crippen LogP contribution in [-0.4, -0.2) is 14.2 Å². The standard InChI is InChI=1S/C20H15Cl2NO3S/c21-18-9-8-16(12-19(18)22)26-15-6-4-13(5-7-15)17-3-1-2-14-10-11-27(24,25)23-20(14)17/h1-9,12,23H,10-11H2. The molecule has 1 N–H and O–H groups in total. The Bertz CT molecular complexity index is 1110. The van der Waals surface area contributed by atoms with E-state index >= 15 is 0 Å². The summed E-state index contributed by atoms with van der Waals surface area (Å²) in [5.41, 5.74) is 3.40. The van der Waals surface area contributed by atoms with Gasteiger partial charge in [-0.1, -0.05) is 53.5 Å². The van der Waals surface area contributed by atoms with Gasteiger partial charge in [-0.05, 0) is 41.8 Å². The van der Waals surface area contributed by atoms with E-state index < -0.39 is 10.0 Å². The van der Waals surface area contributed by atoms with Crippen LogP contribution >= 0.6 is 23.2 Å². The van der Waals surface area contributed by atoms with Crippen LogP contribution in [0.1, 0.15) is 5.56 Å². The minimum absolute atomic E-state index is 0.111. The Hall–Kier alpha value is -2.21. The Morgan fingerprint density at radius 3 is 2.37 bits per heavy atom. The fraction of sp³-hybridized carbons (Fsp3) is 0.100. The molecule has 0 aliphatic carbocycles. The van der Waals surface area contributed by atoms with E-state index in [0.29, 0.717) is 33.7 Å². The molecule has 7 heteroatoms. The van der Waals surface area contributed by atoms with Crippen molar-refractivity contribution in [2.24, 2.45) is 0 Å². The van der Waals surface area contributed by atoms with Gasteiger partial charge in [-0.25, -0.2) is 8.42 Å². The average molecular weight is 420 g/mol. The molecule has 1 aliphatic heterocycles. The highest BCUT2D eigenvalue weighted by Gasteiger charge is 2.22. The summed E-state index contributed by atoms with van der Waals surface area (Å²) in [4.78, 5) is 0. The van der Waals surface area contributed by atoms with Crippen LogP contribution in [0.5, 0.6) is 11.5 Å². The topological polar surface area (TPSA) is 55.4 Å². The number of sulfonamides is 1. The maximum absolute atomic E-state index is 12.0. The van der Waals surface area contributed by atoms with E-state index in [9.17, 15) is 8.42 Å². The van der Waals surface area contributed by atoms with Crippen molar-refractivity contribution in [1.82, 2.24) is 0 Å². The second-order valence-electron chi connectivity index (χ2n) is 6.21. The molecule has 0 radical (unpaired) electrons. The monoisotopic (exact) mass is 419 g/mol. The number of hydrogen-bond donors (Lipinski definition) is 1. The first kappa shape index (κ1) is 18.2. The Morgan fingerprint density at radius 1 is 0.889 bits per heavy atom. The van der Waals surface area contributed by atoms with Crippen LogP contribution in [0, 0.1) is 0 Å². The first-order valence-electron chi connectivity index (χ1n) is 8.27. The highest BCUT2D eigenvalue weighted by Crippen LogP contribution is 2.36. The molecule has 138 valence electrons. The van der Waals surface area contributed by atoms with Gasteiger partial charge in [0.25, 0.3) is 0 Å². The number of anilines is 1. The van der Waals surface area contributed by atoms with E-state index in [2.05, 4.69) is 4.72 Å². The summed E-state index contributed by atoms with van der Waals surface area (Å²) in [5.74, 6) is 1.34. The number of halogens is 2.